The third kappa shape index (κ3) is 7.15. The molecular weight excluding hydrogens is 495 g/mol. The van der Waals surface area contributed by atoms with Crippen LogP contribution in [0.4, 0.5) is 29.5 Å². The molecule has 0 bridgehead atoms. The van der Waals surface area contributed by atoms with Gasteiger partial charge in [-0.25, -0.2) is 19.4 Å². The maximum absolute atomic E-state index is 13.7. The third-order valence-corrected chi connectivity index (χ3v) is 5.17. The van der Waals surface area contributed by atoms with E-state index in [1.165, 1.54) is 41.5 Å². The molecule has 37 heavy (non-hydrogen) atoms. The van der Waals surface area contributed by atoms with E-state index < -0.39 is 28.7 Å². The van der Waals surface area contributed by atoms with Crippen LogP contribution in [0, 0.1) is 10.1 Å². The van der Waals surface area contributed by atoms with E-state index in [4.69, 9.17) is 10.5 Å². The van der Waals surface area contributed by atoms with E-state index in [9.17, 15) is 28.1 Å². The Labute approximate surface area is 210 Å². The Bertz CT molecular complexity index is 1250. The van der Waals surface area contributed by atoms with Gasteiger partial charge in [-0.2, -0.15) is 18.3 Å². The van der Waals surface area contributed by atoms with E-state index in [1.807, 2.05) is 0 Å². The van der Waals surface area contributed by atoms with Crippen LogP contribution < -0.4 is 11.1 Å². The van der Waals surface area contributed by atoms with Gasteiger partial charge in [0.1, 0.15) is 5.60 Å². The number of hydrogen-bond donors (Lipinski definition) is 2. The monoisotopic (exact) mass is 521 g/mol. The number of nitro groups is 1. The molecular formula is C23H26F3N7O4. The van der Waals surface area contributed by atoms with Crippen molar-refractivity contribution < 1.29 is 27.6 Å². The number of halogens is 3. The summed E-state index contributed by atoms with van der Waals surface area (Å²) < 4.78 is 47.6. The van der Waals surface area contributed by atoms with E-state index in [0.717, 1.165) is 6.20 Å². The smallest absolute Gasteiger partial charge is 0.407 e. The van der Waals surface area contributed by atoms with Crippen molar-refractivity contribution in [1.82, 2.24) is 25.1 Å². The molecule has 3 aromatic rings. The minimum atomic E-state index is -4.52. The van der Waals surface area contributed by atoms with Gasteiger partial charge in [-0.3, -0.25) is 10.1 Å². The van der Waals surface area contributed by atoms with Crippen LogP contribution in [-0.2, 0) is 4.74 Å². The number of anilines is 1. The number of carbonyl (C=O) groups excluding carboxylic acids is 1. The molecule has 1 atom stereocenters. The molecule has 0 saturated heterocycles. The van der Waals surface area contributed by atoms with Crippen LogP contribution in [0.1, 0.15) is 45.1 Å². The predicted octanol–water partition coefficient (Wildman–Crippen LogP) is 4.77. The lowest BCUT2D eigenvalue weighted by Crippen LogP contribution is -2.33. The molecule has 3 N–H and O–H groups in total. The number of carbonyl (C=O) groups is 1. The Morgan fingerprint density at radius 1 is 1.22 bits per heavy atom. The average molecular weight is 522 g/mol. The van der Waals surface area contributed by atoms with Crippen molar-refractivity contribution in [3.8, 4) is 16.9 Å². The third-order valence-electron chi connectivity index (χ3n) is 5.17. The summed E-state index contributed by atoms with van der Waals surface area (Å²) in [5, 5.41) is 17.9. The first-order valence-electron chi connectivity index (χ1n) is 11.2. The lowest BCUT2D eigenvalue weighted by atomic mass is 9.95. The number of nitrogens with two attached hydrogens (primary N) is 1. The van der Waals surface area contributed by atoms with Gasteiger partial charge in [-0.1, -0.05) is 6.07 Å². The second-order valence-electron chi connectivity index (χ2n) is 9.14. The van der Waals surface area contributed by atoms with Gasteiger partial charge in [0.25, 0.3) is 0 Å². The molecule has 0 aliphatic rings. The molecule has 198 valence electrons. The molecule has 14 heteroatoms. The second kappa shape index (κ2) is 10.8. The molecule has 3 heterocycles. The summed E-state index contributed by atoms with van der Waals surface area (Å²) >= 11 is 0. The van der Waals surface area contributed by atoms with Crippen molar-refractivity contribution in [1.29, 1.82) is 0 Å². The average Bonchev–Trinajstić information content (AvgIpc) is 3.27. The van der Waals surface area contributed by atoms with Gasteiger partial charge in [0.2, 0.25) is 5.82 Å². The minimum Gasteiger partial charge on any atom is -0.444 e. The zero-order valence-corrected chi connectivity index (χ0v) is 20.3. The maximum atomic E-state index is 13.7. The largest absolute Gasteiger partial charge is 0.444 e. The number of nitrogens with zero attached hydrogens (tertiary/aromatic N) is 5. The van der Waals surface area contributed by atoms with Gasteiger partial charge in [0.05, 0.1) is 22.6 Å². The molecule has 3 aromatic heterocycles. The van der Waals surface area contributed by atoms with Crippen LogP contribution in [0.5, 0.6) is 0 Å². The Balaban J connectivity index is 1.72. The number of alkyl halides is 3. The van der Waals surface area contributed by atoms with Crippen molar-refractivity contribution in [2.24, 2.45) is 0 Å². The zero-order chi connectivity index (χ0) is 27.4. The summed E-state index contributed by atoms with van der Waals surface area (Å²) in [5.41, 5.74) is 5.05. The van der Waals surface area contributed by atoms with E-state index in [0.29, 0.717) is 5.56 Å². The standard InChI is InChI=1S/C23H26F3N7O4/c1-22(2,3)37-21(34)29-9-4-5-17(23(24,25)26)14-6-7-18(30-11-14)32-13-15(12-31-32)16-8-10-28-20(27)19(16)33(35)36/h6-8,10-13,17H,4-5,9H2,1-3H3,(H2,27,28)(H,29,34). The second-order valence-corrected chi connectivity index (χ2v) is 9.14. The molecule has 0 aliphatic carbocycles. The predicted molar refractivity (Wildman–Crippen MR) is 128 cm³/mol. The number of alkyl carbamates (subject to hydrolysis) is 1. The van der Waals surface area contributed by atoms with Crippen molar-refractivity contribution in [3.05, 3.63) is 58.7 Å². The first kappa shape index (κ1) is 27.4. The molecule has 0 radical (unpaired) electrons. The molecule has 3 rings (SSSR count). The normalized spacial score (nSPS) is 12.7. The van der Waals surface area contributed by atoms with Crippen LogP contribution in [-0.4, -0.2) is 49.1 Å². The van der Waals surface area contributed by atoms with Crippen molar-refractivity contribution in [2.45, 2.75) is 51.3 Å². The lowest BCUT2D eigenvalue weighted by Gasteiger charge is -2.22. The number of nitrogen functional groups attached to an aromatic ring is 1. The Kier molecular flexibility index (Phi) is 7.99. The number of rotatable bonds is 8. The van der Waals surface area contributed by atoms with Gasteiger partial charge in [0, 0.05) is 30.7 Å². The molecule has 0 fully saturated rings. The van der Waals surface area contributed by atoms with Crippen LogP contribution in [0.3, 0.4) is 0 Å². The molecule has 1 unspecified atom stereocenters. The maximum Gasteiger partial charge on any atom is 0.407 e. The molecule has 0 aromatic carbocycles. The number of ether oxygens (including phenoxy) is 1. The van der Waals surface area contributed by atoms with E-state index in [1.54, 1.807) is 20.8 Å². The molecule has 11 nitrogen and oxygen atoms in total. The summed E-state index contributed by atoms with van der Waals surface area (Å²) in [4.78, 5) is 30.2. The highest BCUT2D eigenvalue weighted by atomic mass is 19.4. The van der Waals surface area contributed by atoms with E-state index in [-0.39, 0.29) is 47.8 Å². The SMILES string of the molecule is CC(C)(C)OC(=O)NCCCC(c1ccc(-n2cc(-c3ccnc(N)c3[N+](=O)[O-])cn2)nc1)C(F)(F)F. The Morgan fingerprint density at radius 2 is 1.95 bits per heavy atom. The summed E-state index contributed by atoms with van der Waals surface area (Å²) in [7, 11) is 0. The molecule has 0 aliphatic heterocycles. The minimum absolute atomic E-state index is 0.0225. The fourth-order valence-electron chi connectivity index (χ4n) is 3.55. The highest BCUT2D eigenvalue weighted by Gasteiger charge is 2.40. The number of pyridine rings is 2. The van der Waals surface area contributed by atoms with Gasteiger partial charge < -0.3 is 15.8 Å². The first-order chi connectivity index (χ1) is 17.3. The number of amides is 1. The number of nitrogens with one attached hydrogen (secondary N) is 1. The van der Waals surface area contributed by atoms with Crippen LogP contribution in [0.15, 0.2) is 43.0 Å². The molecule has 0 spiro atoms. The Hall–Kier alpha value is -4.23. The summed E-state index contributed by atoms with van der Waals surface area (Å²) in [6.07, 6.45) is -0.165. The summed E-state index contributed by atoms with van der Waals surface area (Å²) in [6.45, 7) is 5.08. The van der Waals surface area contributed by atoms with Crippen LogP contribution >= 0.6 is 0 Å². The van der Waals surface area contributed by atoms with E-state index in [2.05, 4.69) is 20.4 Å². The number of hydrogen-bond acceptors (Lipinski definition) is 8. The first-order valence-corrected chi connectivity index (χ1v) is 11.2. The molecule has 0 saturated carbocycles. The summed E-state index contributed by atoms with van der Waals surface area (Å²) in [5.74, 6) is -1.82. The summed E-state index contributed by atoms with van der Waals surface area (Å²) in [6, 6.07) is 4.09. The van der Waals surface area contributed by atoms with Gasteiger partial charge in [-0.05, 0) is 51.3 Å². The highest BCUT2D eigenvalue weighted by molar-refractivity contribution is 5.78. The van der Waals surface area contributed by atoms with Crippen molar-refractivity contribution >= 4 is 17.6 Å². The topological polar surface area (TPSA) is 151 Å². The Morgan fingerprint density at radius 3 is 2.54 bits per heavy atom. The van der Waals surface area contributed by atoms with E-state index >= 15 is 0 Å². The zero-order valence-electron chi connectivity index (χ0n) is 20.3. The van der Waals surface area contributed by atoms with Crippen molar-refractivity contribution in [3.63, 3.8) is 0 Å². The van der Waals surface area contributed by atoms with Crippen molar-refractivity contribution in [2.75, 3.05) is 12.3 Å². The number of aromatic nitrogens is 4. The van der Waals surface area contributed by atoms with Gasteiger partial charge in [0.15, 0.2) is 5.82 Å². The van der Waals surface area contributed by atoms with Gasteiger partial charge in [-0.15, -0.1) is 0 Å². The lowest BCUT2D eigenvalue weighted by molar-refractivity contribution is -0.383. The highest BCUT2D eigenvalue weighted by Crippen LogP contribution is 2.38. The van der Waals surface area contributed by atoms with Crippen LogP contribution in [0.2, 0.25) is 0 Å². The fraction of sp³-hybridized carbons (Fsp3) is 0.391. The fourth-order valence-corrected chi connectivity index (χ4v) is 3.55. The quantitative estimate of drug-likeness (QED) is 0.244. The van der Waals surface area contributed by atoms with Crippen LogP contribution in [0.25, 0.3) is 16.9 Å². The molecule has 1 amide bonds. The van der Waals surface area contributed by atoms with Gasteiger partial charge >= 0.3 is 18.0 Å².